The third-order valence-corrected chi connectivity index (χ3v) is 4.78. The lowest BCUT2D eigenvalue weighted by Crippen LogP contribution is -2.53. The molecule has 1 aliphatic carbocycles. The molecule has 0 amide bonds. The van der Waals surface area contributed by atoms with Crippen molar-refractivity contribution < 1.29 is 0 Å². The molecule has 0 bridgehead atoms. The second-order valence-corrected chi connectivity index (χ2v) is 5.64. The zero-order valence-electron chi connectivity index (χ0n) is 9.75. The Bertz CT molecular complexity index is 211. The predicted octanol–water partition coefficient (Wildman–Crippen LogP) is 2.00. The molecule has 2 nitrogen and oxygen atoms in total. The van der Waals surface area contributed by atoms with E-state index in [1.807, 2.05) is 0 Å². The minimum atomic E-state index is 0.865. The number of piperidine rings is 2. The van der Waals surface area contributed by atoms with Gasteiger partial charge in [0.2, 0.25) is 0 Å². The van der Waals surface area contributed by atoms with Gasteiger partial charge in [0.25, 0.3) is 0 Å². The Morgan fingerprint density at radius 1 is 0.933 bits per heavy atom. The van der Waals surface area contributed by atoms with Crippen LogP contribution in [0.4, 0.5) is 0 Å². The van der Waals surface area contributed by atoms with Crippen molar-refractivity contribution in [3.63, 3.8) is 0 Å². The molecule has 0 aromatic heterocycles. The Morgan fingerprint density at radius 2 is 1.87 bits per heavy atom. The van der Waals surface area contributed by atoms with E-state index in [0.29, 0.717) is 0 Å². The average Bonchev–Trinajstić information content (AvgIpc) is 2.78. The second kappa shape index (κ2) is 4.42. The normalized spacial score (nSPS) is 42.8. The monoisotopic (exact) mass is 208 g/mol. The first-order valence-electron chi connectivity index (χ1n) is 6.91. The highest BCUT2D eigenvalue weighted by atomic mass is 15.2. The van der Waals surface area contributed by atoms with Gasteiger partial charge in [-0.2, -0.15) is 0 Å². The van der Waals surface area contributed by atoms with Crippen LogP contribution >= 0.6 is 0 Å². The molecule has 2 aliphatic heterocycles. The quantitative estimate of drug-likeness (QED) is 0.709. The molecular weight excluding hydrogens is 184 g/mol. The molecule has 1 N–H and O–H groups in total. The first-order valence-corrected chi connectivity index (χ1v) is 6.91. The van der Waals surface area contributed by atoms with Gasteiger partial charge in [-0.25, -0.2) is 0 Å². The summed E-state index contributed by atoms with van der Waals surface area (Å²) in [5, 5.41) is 3.57. The number of fused-ring (bicyclic) bond motifs is 1. The highest BCUT2D eigenvalue weighted by molar-refractivity contribution is 4.93. The molecule has 86 valence electrons. The van der Waals surface area contributed by atoms with E-state index < -0.39 is 0 Å². The van der Waals surface area contributed by atoms with Gasteiger partial charge in [0.1, 0.15) is 0 Å². The van der Waals surface area contributed by atoms with Gasteiger partial charge in [0.05, 0.1) is 0 Å². The molecule has 0 aromatic rings. The van der Waals surface area contributed by atoms with E-state index >= 15 is 0 Å². The van der Waals surface area contributed by atoms with E-state index in [1.165, 1.54) is 64.6 Å². The van der Waals surface area contributed by atoms with E-state index in [4.69, 9.17) is 0 Å². The topological polar surface area (TPSA) is 15.3 Å². The van der Waals surface area contributed by atoms with Crippen LogP contribution in [0.2, 0.25) is 0 Å². The molecule has 2 heteroatoms. The summed E-state index contributed by atoms with van der Waals surface area (Å²) in [5.74, 6) is 1.06. The standard InChI is InChI=1S/C13H24N2/c1-4-11-5-3-9-15(13(11)7-1)12-6-2-8-14-10-12/h11-14H,1-10H2. The molecule has 3 unspecified atom stereocenters. The Hall–Kier alpha value is -0.0800. The van der Waals surface area contributed by atoms with E-state index in [-0.39, 0.29) is 0 Å². The summed E-state index contributed by atoms with van der Waals surface area (Å²) in [5.41, 5.74) is 0. The van der Waals surface area contributed by atoms with E-state index in [2.05, 4.69) is 10.2 Å². The maximum Gasteiger partial charge on any atom is 0.0224 e. The molecule has 2 heterocycles. The molecule has 3 aliphatic rings. The predicted molar refractivity (Wildman–Crippen MR) is 63.0 cm³/mol. The summed E-state index contributed by atoms with van der Waals surface area (Å²) in [7, 11) is 0. The highest BCUT2D eigenvalue weighted by Gasteiger charge is 2.38. The van der Waals surface area contributed by atoms with Crippen molar-refractivity contribution in [3.05, 3.63) is 0 Å². The summed E-state index contributed by atoms with van der Waals surface area (Å²) in [6, 6.07) is 1.83. The van der Waals surface area contributed by atoms with Gasteiger partial charge in [0, 0.05) is 18.6 Å². The average molecular weight is 208 g/mol. The smallest absolute Gasteiger partial charge is 0.0224 e. The van der Waals surface area contributed by atoms with Crippen LogP contribution in [0.5, 0.6) is 0 Å². The van der Waals surface area contributed by atoms with Crippen molar-refractivity contribution in [2.24, 2.45) is 5.92 Å². The van der Waals surface area contributed by atoms with Crippen LogP contribution in [-0.2, 0) is 0 Å². The van der Waals surface area contributed by atoms with E-state index in [1.54, 1.807) is 0 Å². The van der Waals surface area contributed by atoms with Gasteiger partial charge < -0.3 is 5.32 Å². The van der Waals surface area contributed by atoms with E-state index in [9.17, 15) is 0 Å². The Balaban J connectivity index is 1.67. The van der Waals surface area contributed by atoms with Gasteiger partial charge in [-0.1, -0.05) is 6.42 Å². The van der Waals surface area contributed by atoms with Gasteiger partial charge in [-0.15, -0.1) is 0 Å². The lowest BCUT2D eigenvalue weighted by atomic mass is 9.89. The summed E-state index contributed by atoms with van der Waals surface area (Å²) in [4.78, 5) is 2.87. The van der Waals surface area contributed by atoms with Crippen molar-refractivity contribution in [3.8, 4) is 0 Å². The molecule has 1 saturated carbocycles. The molecule has 3 rings (SSSR count). The van der Waals surface area contributed by atoms with Crippen LogP contribution in [0.1, 0.15) is 44.9 Å². The summed E-state index contributed by atoms with van der Waals surface area (Å²) >= 11 is 0. The van der Waals surface area contributed by atoms with Crippen LogP contribution in [0.15, 0.2) is 0 Å². The summed E-state index contributed by atoms with van der Waals surface area (Å²) in [6.07, 6.45) is 10.3. The fourth-order valence-electron chi connectivity index (χ4n) is 4.06. The van der Waals surface area contributed by atoms with Gasteiger partial charge in [-0.3, -0.25) is 4.90 Å². The number of nitrogens with one attached hydrogen (secondary N) is 1. The molecule has 2 saturated heterocycles. The van der Waals surface area contributed by atoms with E-state index in [0.717, 1.165) is 18.0 Å². The third kappa shape index (κ3) is 1.94. The number of likely N-dealkylation sites (tertiary alicyclic amines) is 1. The Morgan fingerprint density at radius 3 is 2.73 bits per heavy atom. The molecule has 0 spiro atoms. The number of hydrogen-bond donors (Lipinski definition) is 1. The first-order chi connectivity index (χ1) is 7.45. The van der Waals surface area contributed by atoms with Crippen LogP contribution in [0, 0.1) is 5.92 Å². The summed E-state index contributed by atoms with van der Waals surface area (Å²) < 4.78 is 0. The number of rotatable bonds is 1. The maximum absolute atomic E-state index is 3.57. The Labute approximate surface area is 93.4 Å². The second-order valence-electron chi connectivity index (χ2n) is 5.64. The molecule has 15 heavy (non-hydrogen) atoms. The lowest BCUT2D eigenvalue weighted by molar-refractivity contribution is 0.0556. The van der Waals surface area contributed by atoms with Crippen molar-refractivity contribution in [2.75, 3.05) is 19.6 Å². The van der Waals surface area contributed by atoms with Crippen LogP contribution in [0.25, 0.3) is 0 Å². The number of nitrogens with zero attached hydrogens (tertiary/aromatic N) is 1. The lowest BCUT2D eigenvalue weighted by Gasteiger charge is -2.44. The molecule has 0 radical (unpaired) electrons. The fourth-order valence-corrected chi connectivity index (χ4v) is 4.06. The minimum Gasteiger partial charge on any atom is -0.315 e. The van der Waals surface area contributed by atoms with Crippen molar-refractivity contribution in [1.29, 1.82) is 0 Å². The summed E-state index contributed by atoms with van der Waals surface area (Å²) in [6.45, 7) is 3.88. The van der Waals surface area contributed by atoms with Gasteiger partial charge in [-0.05, 0) is 57.5 Å². The zero-order chi connectivity index (χ0) is 10.1. The molecule has 3 fully saturated rings. The van der Waals surface area contributed by atoms with Crippen molar-refractivity contribution in [1.82, 2.24) is 10.2 Å². The Kier molecular flexibility index (Phi) is 2.98. The number of hydrogen-bond acceptors (Lipinski definition) is 2. The first kappa shape index (κ1) is 10.1. The minimum absolute atomic E-state index is 0.865. The van der Waals surface area contributed by atoms with Crippen LogP contribution in [-0.4, -0.2) is 36.6 Å². The molecular formula is C13H24N2. The molecule has 3 atom stereocenters. The van der Waals surface area contributed by atoms with Gasteiger partial charge in [0.15, 0.2) is 0 Å². The molecule has 0 aromatic carbocycles. The zero-order valence-corrected chi connectivity index (χ0v) is 9.75. The van der Waals surface area contributed by atoms with Crippen molar-refractivity contribution >= 4 is 0 Å². The van der Waals surface area contributed by atoms with Crippen molar-refractivity contribution in [2.45, 2.75) is 57.0 Å². The SMILES string of the molecule is C1CNCC(N2CCCC3CCCC32)C1. The maximum atomic E-state index is 3.57. The highest BCUT2D eigenvalue weighted by Crippen LogP contribution is 2.38. The largest absolute Gasteiger partial charge is 0.315 e. The van der Waals surface area contributed by atoms with Crippen LogP contribution < -0.4 is 5.32 Å². The fraction of sp³-hybridized carbons (Fsp3) is 1.00. The van der Waals surface area contributed by atoms with Crippen LogP contribution in [0.3, 0.4) is 0 Å². The third-order valence-electron chi connectivity index (χ3n) is 4.78. The van der Waals surface area contributed by atoms with Gasteiger partial charge >= 0.3 is 0 Å².